The van der Waals surface area contributed by atoms with E-state index in [4.69, 9.17) is 0 Å². The van der Waals surface area contributed by atoms with Gasteiger partial charge in [0.25, 0.3) is 0 Å². The van der Waals surface area contributed by atoms with Crippen LogP contribution in [0.25, 0.3) is 16.7 Å². The van der Waals surface area contributed by atoms with Crippen molar-refractivity contribution >= 4 is 29.4 Å². The molecule has 0 aliphatic heterocycles. The number of fused-ring (bicyclic) bond motifs is 1. The molecule has 4 heteroatoms. The van der Waals surface area contributed by atoms with E-state index < -0.39 is 0 Å². The van der Waals surface area contributed by atoms with Gasteiger partial charge in [0.15, 0.2) is 0 Å². The van der Waals surface area contributed by atoms with Gasteiger partial charge in [-0.15, -0.1) is 22.8 Å². The average Bonchev–Trinajstić information content (AvgIpc) is 2.46. The molecule has 0 spiro atoms. The number of hydrogen-bond acceptors (Lipinski definition) is 3. The van der Waals surface area contributed by atoms with Gasteiger partial charge >= 0.3 is 0 Å². The second kappa shape index (κ2) is 2.88. The third-order valence-electron chi connectivity index (χ3n) is 1.71. The van der Waals surface area contributed by atoms with Crippen LogP contribution in [0.1, 0.15) is 6.92 Å². The highest BCUT2D eigenvalue weighted by molar-refractivity contribution is 7.80. The smallest absolute Gasteiger partial charge is 0.114 e. The van der Waals surface area contributed by atoms with Crippen LogP contribution in [-0.4, -0.2) is 15.0 Å². The minimum Gasteiger partial charge on any atom is -0.156 e. The molecule has 0 atom stereocenters. The normalized spacial score (nSPS) is 10.6. The summed E-state index contributed by atoms with van der Waals surface area (Å²) in [4.78, 5) is 2.42. The van der Waals surface area contributed by atoms with Crippen molar-refractivity contribution in [2.75, 3.05) is 0 Å². The zero-order valence-electron chi connectivity index (χ0n) is 7.23. The molecule has 13 heavy (non-hydrogen) atoms. The first-order valence-electron chi connectivity index (χ1n) is 3.89. The van der Waals surface area contributed by atoms with Crippen molar-refractivity contribution in [3.8, 4) is 0 Å². The summed E-state index contributed by atoms with van der Waals surface area (Å²) in [6.45, 7) is 5.62. The van der Waals surface area contributed by atoms with E-state index in [1.807, 2.05) is 25.1 Å². The highest BCUT2D eigenvalue weighted by atomic mass is 32.1. The van der Waals surface area contributed by atoms with Crippen LogP contribution >= 0.6 is 12.6 Å². The van der Waals surface area contributed by atoms with E-state index in [9.17, 15) is 0 Å². The Balaban J connectivity index is 2.68. The zero-order valence-corrected chi connectivity index (χ0v) is 8.12. The molecule has 0 saturated heterocycles. The molecule has 0 bridgehead atoms. The Hall–Kier alpha value is -1.29. The minimum atomic E-state index is 0.803. The third kappa shape index (κ3) is 1.45. The van der Waals surface area contributed by atoms with E-state index in [0.29, 0.717) is 0 Å². The summed E-state index contributed by atoms with van der Waals surface area (Å²) >= 11 is 4.22. The van der Waals surface area contributed by atoms with E-state index in [0.717, 1.165) is 21.6 Å². The van der Waals surface area contributed by atoms with Gasteiger partial charge in [-0.05, 0) is 25.1 Å². The number of nitrogens with zero attached hydrogens (tertiary/aromatic N) is 3. The molecule has 1 aromatic carbocycles. The van der Waals surface area contributed by atoms with Gasteiger partial charge in [0.1, 0.15) is 11.0 Å². The SMILES string of the molecule is C=C(C)n1nc2ccc(S)cc2n1. The lowest BCUT2D eigenvalue weighted by atomic mass is 10.3. The molecular weight excluding hydrogens is 182 g/mol. The molecule has 0 aliphatic rings. The summed E-state index contributed by atoms with van der Waals surface area (Å²) in [6.07, 6.45) is 0. The average molecular weight is 191 g/mol. The molecule has 0 aliphatic carbocycles. The number of allylic oxidation sites excluding steroid dienone is 1. The van der Waals surface area contributed by atoms with Gasteiger partial charge in [-0.1, -0.05) is 6.58 Å². The fraction of sp³-hybridized carbons (Fsp3) is 0.111. The van der Waals surface area contributed by atoms with Crippen LogP contribution in [0.15, 0.2) is 29.7 Å². The summed E-state index contributed by atoms with van der Waals surface area (Å²) in [5.41, 5.74) is 2.51. The van der Waals surface area contributed by atoms with Gasteiger partial charge in [-0.2, -0.15) is 4.80 Å². The van der Waals surface area contributed by atoms with Crippen LogP contribution in [-0.2, 0) is 0 Å². The lowest BCUT2D eigenvalue weighted by molar-refractivity contribution is 0.781. The lowest BCUT2D eigenvalue weighted by Crippen LogP contribution is -1.95. The molecule has 0 saturated carbocycles. The van der Waals surface area contributed by atoms with Crippen molar-refractivity contribution in [1.29, 1.82) is 0 Å². The Morgan fingerprint density at radius 3 is 2.77 bits per heavy atom. The molecule has 1 aromatic heterocycles. The highest BCUT2D eigenvalue weighted by Crippen LogP contribution is 2.14. The summed E-state index contributed by atoms with van der Waals surface area (Å²) < 4.78 is 0. The Kier molecular flexibility index (Phi) is 1.84. The molecule has 0 fully saturated rings. The van der Waals surface area contributed by atoms with Crippen molar-refractivity contribution in [2.24, 2.45) is 0 Å². The molecule has 2 aromatic rings. The molecule has 0 unspecified atom stereocenters. The monoisotopic (exact) mass is 191 g/mol. The van der Waals surface area contributed by atoms with Gasteiger partial charge in [0.2, 0.25) is 0 Å². The molecule has 3 nitrogen and oxygen atoms in total. The number of benzene rings is 1. The van der Waals surface area contributed by atoms with Gasteiger partial charge in [0, 0.05) is 4.90 Å². The van der Waals surface area contributed by atoms with Crippen LogP contribution in [0, 0.1) is 0 Å². The molecule has 66 valence electrons. The van der Waals surface area contributed by atoms with E-state index in [1.54, 1.807) is 0 Å². The van der Waals surface area contributed by atoms with Gasteiger partial charge in [-0.3, -0.25) is 0 Å². The molecular formula is C9H9N3S. The van der Waals surface area contributed by atoms with E-state index >= 15 is 0 Å². The Morgan fingerprint density at radius 2 is 2.08 bits per heavy atom. The van der Waals surface area contributed by atoms with Crippen molar-refractivity contribution in [1.82, 2.24) is 15.0 Å². The Bertz CT molecular complexity index is 473. The van der Waals surface area contributed by atoms with Crippen LogP contribution in [0.2, 0.25) is 0 Å². The minimum absolute atomic E-state index is 0.803. The lowest BCUT2D eigenvalue weighted by Gasteiger charge is -1.91. The number of hydrogen-bond donors (Lipinski definition) is 1. The maximum atomic E-state index is 4.23. The molecule has 0 N–H and O–H groups in total. The quantitative estimate of drug-likeness (QED) is 0.700. The van der Waals surface area contributed by atoms with E-state index in [-0.39, 0.29) is 0 Å². The second-order valence-electron chi connectivity index (χ2n) is 2.90. The third-order valence-corrected chi connectivity index (χ3v) is 1.98. The molecule has 2 rings (SSSR count). The first-order valence-corrected chi connectivity index (χ1v) is 4.33. The molecule has 0 radical (unpaired) electrons. The van der Waals surface area contributed by atoms with Crippen LogP contribution in [0.4, 0.5) is 0 Å². The Morgan fingerprint density at radius 1 is 1.38 bits per heavy atom. The topological polar surface area (TPSA) is 30.7 Å². The van der Waals surface area contributed by atoms with Crippen LogP contribution in [0.3, 0.4) is 0 Å². The van der Waals surface area contributed by atoms with Crippen molar-refractivity contribution < 1.29 is 0 Å². The maximum absolute atomic E-state index is 4.23. The van der Waals surface area contributed by atoms with Gasteiger partial charge in [-0.25, -0.2) is 0 Å². The van der Waals surface area contributed by atoms with E-state index in [1.165, 1.54) is 4.80 Å². The van der Waals surface area contributed by atoms with Crippen molar-refractivity contribution in [3.05, 3.63) is 24.8 Å². The van der Waals surface area contributed by atoms with Crippen LogP contribution < -0.4 is 0 Å². The summed E-state index contributed by atoms with van der Waals surface area (Å²) in [5.74, 6) is 0. The standard InChI is InChI=1S/C9H9N3S/c1-6(2)12-10-8-4-3-7(13)5-9(8)11-12/h3-5,13H,1H2,2H3. The Labute approximate surface area is 81.5 Å². The molecule has 1 heterocycles. The predicted molar refractivity (Wildman–Crippen MR) is 55.8 cm³/mol. The first-order chi connectivity index (χ1) is 6.16. The maximum Gasteiger partial charge on any atom is 0.114 e. The van der Waals surface area contributed by atoms with E-state index in [2.05, 4.69) is 29.4 Å². The summed E-state index contributed by atoms with van der Waals surface area (Å²) in [6, 6.07) is 5.66. The number of aromatic nitrogens is 3. The zero-order chi connectivity index (χ0) is 9.42. The van der Waals surface area contributed by atoms with Crippen molar-refractivity contribution in [2.45, 2.75) is 11.8 Å². The summed E-state index contributed by atoms with van der Waals surface area (Å²) in [7, 11) is 0. The fourth-order valence-electron chi connectivity index (χ4n) is 1.07. The largest absolute Gasteiger partial charge is 0.156 e. The van der Waals surface area contributed by atoms with Crippen LogP contribution in [0.5, 0.6) is 0 Å². The fourth-order valence-corrected chi connectivity index (χ4v) is 1.27. The van der Waals surface area contributed by atoms with Gasteiger partial charge in [0.05, 0.1) is 5.70 Å². The van der Waals surface area contributed by atoms with Crippen molar-refractivity contribution in [3.63, 3.8) is 0 Å². The summed E-state index contributed by atoms with van der Waals surface area (Å²) in [5, 5.41) is 8.46. The molecule has 0 amide bonds. The van der Waals surface area contributed by atoms with Gasteiger partial charge < -0.3 is 0 Å². The second-order valence-corrected chi connectivity index (χ2v) is 3.41. The highest BCUT2D eigenvalue weighted by Gasteiger charge is 2.01. The number of rotatable bonds is 1. The first kappa shape index (κ1) is 8.31. The number of thiol groups is 1. The predicted octanol–water partition coefficient (Wildman–Crippen LogP) is 2.21.